The topological polar surface area (TPSA) is 66.0 Å². The summed E-state index contributed by atoms with van der Waals surface area (Å²) in [6.07, 6.45) is 1.65. The number of halogens is 1. The predicted molar refractivity (Wildman–Crippen MR) is 136 cm³/mol. The van der Waals surface area contributed by atoms with Crippen LogP contribution < -0.4 is 15.4 Å². The minimum Gasteiger partial charge on any atom is -0.489 e. The van der Waals surface area contributed by atoms with Crippen molar-refractivity contribution >= 4 is 35.8 Å². The number of aryl methyl sites for hydroxylation is 1. The normalized spacial score (nSPS) is 14.7. The molecule has 168 valence electrons. The van der Waals surface area contributed by atoms with Crippen molar-refractivity contribution in [2.75, 3.05) is 20.1 Å². The summed E-state index contributed by atoms with van der Waals surface area (Å²) in [7, 11) is 1.76. The van der Waals surface area contributed by atoms with E-state index in [4.69, 9.17) is 4.74 Å². The number of likely N-dealkylation sites (tertiary alicyclic amines) is 1. The van der Waals surface area contributed by atoms with Gasteiger partial charge in [-0.25, -0.2) is 0 Å². The summed E-state index contributed by atoms with van der Waals surface area (Å²) in [5, 5.41) is 6.67. The standard InChI is InChI=1S/C24H32N4O2.HI/c1-18-8-4-5-11-22(18)30-19(2)15-26-24(25-3)27-16-20-9-6-10-21(14-20)17-28-13-7-12-23(28)29;/h4-6,8-11,14,19H,7,12-13,15-17H2,1-3H3,(H2,25,26,27);1H. The molecule has 1 atom stereocenters. The molecule has 2 aromatic rings. The summed E-state index contributed by atoms with van der Waals surface area (Å²) >= 11 is 0. The van der Waals surface area contributed by atoms with E-state index in [1.165, 1.54) is 0 Å². The van der Waals surface area contributed by atoms with Crippen LogP contribution >= 0.6 is 24.0 Å². The smallest absolute Gasteiger partial charge is 0.222 e. The highest BCUT2D eigenvalue weighted by atomic mass is 127. The number of hydrogen-bond acceptors (Lipinski definition) is 3. The zero-order valence-corrected chi connectivity index (χ0v) is 20.9. The number of rotatable bonds is 8. The van der Waals surface area contributed by atoms with Crippen LogP contribution in [0, 0.1) is 6.92 Å². The Bertz CT molecular complexity index is 887. The van der Waals surface area contributed by atoms with E-state index in [1.54, 1.807) is 7.05 Å². The van der Waals surface area contributed by atoms with Crippen molar-refractivity contribution < 1.29 is 9.53 Å². The summed E-state index contributed by atoms with van der Waals surface area (Å²) in [6.45, 7) is 6.94. The molecule has 0 aliphatic carbocycles. The average molecular weight is 536 g/mol. The molecule has 0 bridgehead atoms. The van der Waals surface area contributed by atoms with Crippen molar-refractivity contribution in [3.63, 3.8) is 0 Å². The van der Waals surface area contributed by atoms with Crippen molar-refractivity contribution in [3.05, 3.63) is 65.2 Å². The van der Waals surface area contributed by atoms with Crippen molar-refractivity contribution in [1.29, 1.82) is 0 Å². The quantitative estimate of drug-likeness (QED) is 0.306. The van der Waals surface area contributed by atoms with Gasteiger partial charge in [-0.3, -0.25) is 9.79 Å². The fourth-order valence-corrected chi connectivity index (χ4v) is 3.52. The van der Waals surface area contributed by atoms with Gasteiger partial charge < -0.3 is 20.3 Å². The lowest BCUT2D eigenvalue weighted by Crippen LogP contribution is -2.41. The summed E-state index contributed by atoms with van der Waals surface area (Å²) in [4.78, 5) is 18.1. The fraction of sp³-hybridized carbons (Fsp3) is 0.417. The van der Waals surface area contributed by atoms with Gasteiger partial charge in [-0.1, -0.05) is 42.5 Å². The third-order valence-electron chi connectivity index (χ3n) is 5.20. The zero-order chi connectivity index (χ0) is 21.3. The molecule has 7 heteroatoms. The molecule has 6 nitrogen and oxygen atoms in total. The molecule has 1 heterocycles. The molecule has 0 aromatic heterocycles. The van der Waals surface area contributed by atoms with E-state index in [1.807, 2.05) is 49.1 Å². The van der Waals surface area contributed by atoms with Gasteiger partial charge in [0.1, 0.15) is 11.9 Å². The number of aliphatic imine (C=N–C) groups is 1. The van der Waals surface area contributed by atoms with E-state index < -0.39 is 0 Å². The van der Waals surface area contributed by atoms with Crippen LogP contribution in [0.5, 0.6) is 5.75 Å². The maximum absolute atomic E-state index is 11.9. The molecule has 1 aliphatic heterocycles. The maximum atomic E-state index is 11.9. The monoisotopic (exact) mass is 536 g/mol. The highest BCUT2D eigenvalue weighted by Crippen LogP contribution is 2.17. The molecule has 1 unspecified atom stereocenters. The Morgan fingerprint density at radius 1 is 1.16 bits per heavy atom. The van der Waals surface area contributed by atoms with Crippen molar-refractivity contribution in [3.8, 4) is 5.75 Å². The van der Waals surface area contributed by atoms with Crippen molar-refractivity contribution in [2.24, 2.45) is 4.99 Å². The minimum atomic E-state index is 0. The van der Waals surface area contributed by atoms with Crippen molar-refractivity contribution in [1.82, 2.24) is 15.5 Å². The Kier molecular flexibility index (Phi) is 10.1. The lowest BCUT2D eigenvalue weighted by Gasteiger charge is -2.19. The highest BCUT2D eigenvalue weighted by molar-refractivity contribution is 14.0. The molecule has 0 radical (unpaired) electrons. The van der Waals surface area contributed by atoms with Gasteiger partial charge in [-0.05, 0) is 43.0 Å². The number of nitrogens with one attached hydrogen (secondary N) is 2. The SMILES string of the molecule is CN=C(NCc1cccc(CN2CCCC2=O)c1)NCC(C)Oc1ccccc1C.I. The second kappa shape index (κ2) is 12.5. The number of benzene rings is 2. The van der Waals surface area contributed by atoms with E-state index in [9.17, 15) is 4.79 Å². The first-order valence-corrected chi connectivity index (χ1v) is 10.6. The van der Waals surface area contributed by atoms with Gasteiger partial charge in [0.2, 0.25) is 5.91 Å². The van der Waals surface area contributed by atoms with Crippen LogP contribution in [-0.4, -0.2) is 43.0 Å². The van der Waals surface area contributed by atoms with E-state index in [0.29, 0.717) is 26.1 Å². The minimum absolute atomic E-state index is 0. The van der Waals surface area contributed by atoms with Gasteiger partial charge >= 0.3 is 0 Å². The molecule has 2 aromatic carbocycles. The Morgan fingerprint density at radius 3 is 2.65 bits per heavy atom. The Hall–Kier alpha value is -2.29. The van der Waals surface area contributed by atoms with Crippen LogP contribution in [0.1, 0.15) is 36.5 Å². The number of ether oxygens (including phenoxy) is 1. The van der Waals surface area contributed by atoms with E-state index >= 15 is 0 Å². The molecule has 0 spiro atoms. The molecule has 0 saturated carbocycles. The molecule has 3 rings (SSSR count). The van der Waals surface area contributed by atoms with Crippen LogP contribution in [-0.2, 0) is 17.9 Å². The van der Waals surface area contributed by atoms with Crippen LogP contribution in [0.2, 0.25) is 0 Å². The van der Waals surface area contributed by atoms with Gasteiger partial charge in [0.15, 0.2) is 5.96 Å². The largest absolute Gasteiger partial charge is 0.489 e. The number of nitrogens with zero attached hydrogens (tertiary/aromatic N) is 2. The number of carbonyl (C=O) groups is 1. The predicted octanol–water partition coefficient (Wildman–Crippen LogP) is 3.87. The van der Waals surface area contributed by atoms with Crippen LogP contribution in [0.4, 0.5) is 0 Å². The first-order chi connectivity index (χ1) is 14.5. The Morgan fingerprint density at radius 2 is 1.94 bits per heavy atom. The van der Waals surface area contributed by atoms with Crippen LogP contribution in [0.15, 0.2) is 53.5 Å². The van der Waals surface area contributed by atoms with Crippen LogP contribution in [0.25, 0.3) is 0 Å². The lowest BCUT2D eigenvalue weighted by molar-refractivity contribution is -0.128. The molecule has 2 N–H and O–H groups in total. The Labute approximate surface area is 202 Å². The molecule has 1 amide bonds. The lowest BCUT2D eigenvalue weighted by atomic mass is 10.1. The van der Waals surface area contributed by atoms with Gasteiger partial charge in [-0.2, -0.15) is 0 Å². The second-order valence-electron chi connectivity index (χ2n) is 7.74. The summed E-state index contributed by atoms with van der Waals surface area (Å²) in [6, 6.07) is 16.4. The summed E-state index contributed by atoms with van der Waals surface area (Å²) in [5.41, 5.74) is 3.45. The second-order valence-corrected chi connectivity index (χ2v) is 7.74. The Balaban J connectivity index is 0.00000341. The van der Waals surface area contributed by atoms with E-state index in [0.717, 1.165) is 41.4 Å². The number of amides is 1. The average Bonchev–Trinajstić information content (AvgIpc) is 3.14. The number of para-hydroxylation sites is 1. The first kappa shape index (κ1) is 25.0. The molecular formula is C24H33IN4O2. The number of carbonyl (C=O) groups excluding carboxylic acids is 1. The summed E-state index contributed by atoms with van der Waals surface area (Å²) < 4.78 is 6.01. The zero-order valence-electron chi connectivity index (χ0n) is 18.6. The van der Waals surface area contributed by atoms with Gasteiger partial charge in [0.05, 0.1) is 6.54 Å². The number of guanidine groups is 1. The third kappa shape index (κ3) is 7.72. The first-order valence-electron chi connectivity index (χ1n) is 10.6. The maximum Gasteiger partial charge on any atom is 0.222 e. The van der Waals surface area contributed by atoms with Gasteiger partial charge in [-0.15, -0.1) is 24.0 Å². The molecule has 1 saturated heterocycles. The molecular weight excluding hydrogens is 503 g/mol. The van der Waals surface area contributed by atoms with Crippen LogP contribution in [0.3, 0.4) is 0 Å². The summed E-state index contributed by atoms with van der Waals surface area (Å²) in [5.74, 6) is 1.89. The molecule has 1 aliphatic rings. The number of hydrogen-bond donors (Lipinski definition) is 2. The fourth-order valence-electron chi connectivity index (χ4n) is 3.52. The van der Waals surface area contributed by atoms with E-state index in [-0.39, 0.29) is 36.0 Å². The third-order valence-corrected chi connectivity index (χ3v) is 5.20. The van der Waals surface area contributed by atoms with Gasteiger partial charge in [0, 0.05) is 33.1 Å². The molecule has 1 fully saturated rings. The molecule has 31 heavy (non-hydrogen) atoms. The van der Waals surface area contributed by atoms with E-state index in [2.05, 4.69) is 33.8 Å². The van der Waals surface area contributed by atoms with Crippen molar-refractivity contribution in [2.45, 2.75) is 45.9 Å². The van der Waals surface area contributed by atoms with Gasteiger partial charge in [0.25, 0.3) is 0 Å². The highest BCUT2D eigenvalue weighted by Gasteiger charge is 2.19.